The third kappa shape index (κ3) is 3.56. The Morgan fingerprint density at radius 3 is 2.48 bits per heavy atom. The molecule has 0 atom stereocenters. The average Bonchev–Trinajstić information content (AvgIpc) is 2.49. The second-order valence-corrected chi connectivity index (χ2v) is 6.27. The molecule has 0 aliphatic heterocycles. The number of hydrogen-bond acceptors (Lipinski definition) is 3. The second kappa shape index (κ2) is 6.19. The maximum Gasteiger partial charge on any atom is 0.134 e. The number of para-hydroxylation sites is 1. The van der Waals surface area contributed by atoms with Gasteiger partial charge in [-0.25, -0.2) is 0 Å². The molecule has 0 unspecified atom stereocenters. The Balaban J connectivity index is 2.08. The minimum atomic E-state index is -0.485. The van der Waals surface area contributed by atoms with Gasteiger partial charge in [0, 0.05) is 17.8 Å². The number of nitrogens with one attached hydrogen (secondary N) is 1. The van der Waals surface area contributed by atoms with Crippen molar-refractivity contribution in [2.75, 3.05) is 5.32 Å². The highest BCUT2D eigenvalue weighted by molar-refractivity contribution is 9.10. The molecule has 0 saturated carbocycles. The predicted molar refractivity (Wildman–Crippen MR) is 88.2 cm³/mol. The van der Waals surface area contributed by atoms with Crippen molar-refractivity contribution >= 4 is 21.6 Å². The van der Waals surface area contributed by atoms with Gasteiger partial charge in [-0.2, -0.15) is 5.26 Å². The van der Waals surface area contributed by atoms with Crippen LogP contribution in [0.5, 0.6) is 5.75 Å². The van der Waals surface area contributed by atoms with E-state index >= 15 is 0 Å². The van der Waals surface area contributed by atoms with E-state index in [4.69, 9.17) is 5.26 Å². The molecule has 2 aromatic carbocycles. The molecule has 2 rings (SSSR count). The van der Waals surface area contributed by atoms with Crippen LogP contribution in [0.3, 0.4) is 0 Å². The Kier molecular flexibility index (Phi) is 4.54. The predicted octanol–water partition coefficient (Wildman–Crippen LogP) is 4.57. The van der Waals surface area contributed by atoms with Crippen molar-refractivity contribution in [3.8, 4) is 11.8 Å². The van der Waals surface area contributed by atoms with Crippen molar-refractivity contribution in [2.24, 2.45) is 0 Å². The summed E-state index contributed by atoms with van der Waals surface area (Å²) < 4.78 is 0.688. The van der Waals surface area contributed by atoms with Crippen molar-refractivity contribution in [1.29, 1.82) is 5.26 Å². The lowest BCUT2D eigenvalue weighted by Gasteiger charge is -2.16. The van der Waals surface area contributed by atoms with E-state index in [1.807, 2.05) is 50.2 Å². The molecule has 0 heterocycles. The Morgan fingerprint density at radius 1 is 1.19 bits per heavy atom. The minimum Gasteiger partial charge on any atom is -0.506 e. The Bertz CT molecular complexity index is 672. The molecule has 0 aliphatic carbocycles. The van der Waals surface area contributed by atoms with Gasteiger partial charge < -0.3 is 10.4 Å². The van der Waals surface area contributed by atoms with E-state index in [-0.39, 0.29) is 5.75 Å². The van der Waals surface area contributed by atoms with Gasteiger partial charge in [0.05, 0.1) is 16.0 Å². The van der Waals surface area contributed by atoms with Gasteiger partial charge >= 0.3 is 0 Å². The van der Waals surface area contributed by atoms with Gasteiger partial charge in [-0.1, -0.05) is 24.3 Å². The fourth-order valence-electron chi connectivity index (χ4n) is 1.97. The van der Waals surface area contributed by atoms with E-state index in [1.54, 1.807) is 6.07 Å². The molecule has 0 saturated heterocycles. The van der Waals surface area contributed by atoms with E-state index in [0.717, 1.165) is 16.8 Å². The van der Waals surface area contributed by atoms with Gasteiger partial charge in [0.25, 0.3) is 0 Å². The zero-order valence-corrected chi connectivity index (χ0v) is 13.6. The number of hydrogen-bond donors (Lipinski definition) is 2. The first-order chi connectivity index (χ1) is 9.94. The van der Waals surface area contributed by atoms with Crippen molar-refractivity contribution in [1.82, 2.24) is 0 Å². The summed E-state index contributed by atoms with van der Waals surface area (Å²) in [6, 6.07) is 15.7. The summed E-state index contributed by atoms with van der Waals surface area (Å²) >= 11 is 3.30. The summed E-state index contributed by atoms with van der Waals surface area (Å²) in [5, 5.41) is 22.3. The Morgan fingerprint density at radius 2 is 1.86 bits per heavy atom. The summed E-state index contributed by atoms with van der Waals surface area (Å²) in [6.07, 6.45) is 0. The maximum atomic E-state index is 9.94. The smallest absolute Gasteiger partial charge is 0.134 e. The Labute approximate surface area is 133 Å². The monoisotopic (exact) mass is 344 g/mol. The Hall–Kier alpha value is -1.99. The van der Waals surface area contributed by atoms with E-state index in [9.17, 15) is 5.11 Å². The first-order valence-electron chi connectivity index (χ1n) is 6.66. The number of nitrogens with zero attached hydrogens (tertiary/aromatic N) is 1. The number of rotatable bonds is 4. The molecule has 21 heavy (non-hydrogen) atoms. The average molecular weight is 345 g/mol. The highest BCUT2D eigenvalue weighted by Crippen LogP contribution is 2.28. The molecule has 108 valence electrons. The van der Waals surface area contributed by atoms with Crippen molar-refractivity contribution in [3.63, 3.8) is 0 Å². The molecule has 0 aliphatic rings. The van der Waals surface area contributed by atoms with Crippen LogP contribution >= 0.6 is 15.9 Å². The topological polar surface area (TPSA) is 56.0 Å². The van der Waals surface area contributed by atoms with Crippen LogP contribution in [-0.4, -0.2) is 5.11 Å². The van der Waals surface area contributed by atoms with E-state index in [0.29, 0.717) is 11.0 Å². The molecule has 0 radical (unpaired) electrons. The van der Waals surface area contributed by atoms with Crippen LogP contribution in [0.2, 0.25) is 0 Å². The normalized spacial score (nSPS) is 11.0. The summed E-state index contributed by atoms with van der Waals surface area (Å²) in [5.41, 5.74) is 2.28. The van der Waals surface area contributed by atoms with Crippen molar-refractivity contribution < 1.29 is 5.11 Å². The van der Waals surface area contributed by atoms with E-state index in [2.05, 4.69) is 27.3 Å². The summed E-state index contributed by atoms with van der Waals surface area (Å²) in [5.74, 6) is 0.257. The SMILES string of the molecule is CC(C)(C#N)c1ccc(NCc2cccc(Br)c2O)cc1. The molecule has 2 N–H and O–H groups in total. The van der Waals surface area contributed by atoms with Gasteiger partial charge in [-0.3, -0.25) is 0 Å². The van der Waals surface area contributed by atoms with E-state index < -0.39 is 5.41 Å². The number of phenols is 1. The third-order valence-electron chi connectivity index (χ3n) is 3.44. The summed E-state index contributed by atoms with van der Waals surface area (Å²) in [4.78, 5) is 0. The number of aromatic hydroxyl groups is 1. The molecule has 2 aromatic rings. The van der Waals surface area contributed by atoms with Crippen molar-refractivity contribution in [3.05, 3.63) is 58.1 Å². The largest absolute Gasteiger partial charge is 0.506 e. The zero-order valence-electron chi connectivity index (χ0n) is 12.0. The zero-order chi connectivity index (χ0) is 15.5. The number of benzene rings is 2. The van der Waals surface area contributed by atoms with Gasteiger partial charge in [0.1, 0.15) is 5.75 Å². The molecular weight excluding hydrogens is 328 g/mol. The van der Waals surface area contributed by atoms with Crippen LogP contribution in [0.25, 0.3) is 0 Å². The van der Waals surface area contributed by atoms with Crippen LogP contribution in [0.1, 0.15) is 25.0 Å². The molecular formula is C17H17BrN2O. The quantitative estimate of drug-likeness (QED) is 0.854. The highest BCUT2D eigenvalue weighted by Gasteiger charge is 2.19. The molecule has 0 bridgehead atoms. The first-order valence-corrected chi connectivity index (χ1v) is 7.45. The standard InChI is InChI=1S/C17H17BrN2O/c1-17(2,11-19)13-6-8-14(9-7-13)20-10-12-4-3-5-15(18)16(12)21/h3-9,20-21H,10H2,1-2H3. The van der Waals surface area contributed by atoms with Gasteiger partial charge in [0.15, 0.2) is 0 Å². The molecule has 0 aromatic heterocycles. The summed E-state index contributed by atoms with van der Waals surface area (Å²) in [7, 11) is 0. The third-order valence-corrected chi connectivity index (χ3v) is 4.08. The van der Waals surface area contributed by atoms with Crippen LogP contribution in [-0.2, 0) is 12.0 Å². The molecule has 4 heteroatoms. The minimum absolute atomic E-state index is 0.257. The fourth-order valence-corrected chi connectivity index (χ4v) is 2.38. The first kappa shape index (κ1) is 15.4. The van der Waals surface area contributed by atoms with Crippen LogP contribution in [0.4, 0.5) is 5.69 Å². The molecule has 0 fully saturated rings. The van der Waals surface area contributed by atoms with Crippen LogP contribution < -0.4 is 5.32 Å². The van der Waals surface area contributed by atoms with Gasteiger partial charge in [-0.15, -0.1) is 0 Å². The molecule has 0 amide bonds. The lowest BCUT2D eigenvalue weighted by molar-refractivity contribution is 0.465. The fraction of sp³-hybridized carbons (Fsp3) is 0.235. The number of anilines is 1. The summed E-state index contributed by atoms with van der Waals surface area (Å²) in [6.45, 7) is 4.33. The van der Waals surface area contributed by atoms with Crippen LogP contribution in [0.15, 0.2) is 46.9 Å². The lowest BCUT2D eigenvalue weighted by Crippen LogP contribution is -2.13. The number of phenolic OH excluding ortho intramolecular Hbond substituents is 1. The molecule has 3 nitrogen and oxygen atoms in total. The highest BCUT2D eigenvalue weighted by atomic mass is 79.9. The second-order valence-electron chi connectivity index (χ2n) is 5.42. The van der Waals surface area contributed by atoms with Crippen molar-refractivity contribution in [2.45, 2.75) is 25.8 Å². The van der Waals surface area contributed by atoms with Crippen LogP contribution in [0, 0.1) is 11.3 Å². The van der Waals surface area contributed by atoms with E-state index in [1.165, 1.54) is 0 Å². The number of halogens is 1. The molecule has 0 spiro atoms. The maximum absolute atomic E-state index is 9.94. The lowest BCUT2D eigenvalue weighted by atomic mass is 9.86. The van der Waals surface area contributed by atoms with Gasteiger partial charge in [-0.05, 0) is 53.5 Å². The van der Waals surface area contributed by atoms with Gasteiger partial charge in [0.2, 0.25) is 0 Å². The number of nitriles is 1.